The summed E-state index contributed by atoms with van der Waals surface area (Å²) in [6.45, 7) is 3.99. The number of methoxy groups -OCH3 is 1. The zero-order valence-electron chi connectivity index (χ0n) is 12.8. The molecule has 0 bridgehead atoms. The third-order valence-corrected chi connectivity index (χ3v) is 3.36. The standard InChI is InChI=1S/C16H25NO4/c1-3-10-17-16(15(18)19,9-11-21-13-12-20-2)14-7-5-4-6-8-14/h4-8,17H,3,9-13H2,1-2H3,(H,18,19). The number of ether oxygens (including phenoxy) is 2. The highest BCUT2D eigenvalue weighted by molar-refractivity contribution is 5.80. The van der Waals surface area contributed by atoms with Gasteiger partial charge in [0.15, 0.2) is 0 Å². The molecule has 5 nitrogen and oxygen atoms in total. The molecule has 5 heteroatoms. The first-order valence-corrected chi connectivity index (χ1v) is 7.28. The molecule has 1 rings (SSSR count). The molecule has 1 unspecified atom stereocenters. The van der Waals surface area contributed by atoms with E-state index in [4.69, 9.17) is 9.47 Å². The average Bonchev–Trinajstić information content (AvgIpc) is 2.51. The second-order valence-corrected chi connectivity index (χ2v) is 4.86. The Bertz CT molecular complexity index is 410. The van der Waals surface area contributed by atoms with Crippen molar-refractivity contribution in [2.45, 2.75) is 25.3 Å². The van der Waals surface area contributed by atoms with E-state index in [1.165, 1.54) is 0 Å². The van der Waals surface area contributed by atoms with Crippen LogP contribution in [0.3, 0.4) is 0 Å². The van der Waals surface area contributed by atoms with E-state index in [9.17, 15) is 9.90 Å². The number of benzene rings is 1. The van der Waals surface area contributed by atoms with E-state index in [-0.39, 0.29) is 0 Å². The van der Waals surface area contributed by atoms with E-state index < -0.39 is 11.5 Å². The Labute approximate surface area is 126 Å². The van der Waals surface area contributed by atoms with Gasteiger partial charge in [-0.3, -0.25) is 5.32 Å². The van der Waals surface area contributed by atoms with Gasteiger partial charge in [0, 0.05) is 20.1 Å². The first kappa shape index (κ1) is 17.6. The molecule has 2 N–H and O–H groups in total. The monoisotopic (exact) mass is 295 g/mol. The number of carbonyl (C=O) groups is 1. The Morgan fingerprint density at radius 1 is 1.24 bits per heavy atom. The van der Waals surface area contributed by atoms with Gasteiger partial charge in [-0.1, -0.05) is 37.3 Å². The second kappa shape index (κ2) is 9.50. The van der Waals surface area contributed by atoms with Crippen LogP contribution in [0.15, 0.2) is 30.3 Å². The highest BCUT2D eigenvalue weighted by Gasteiger charge is 2.39. The minimum atomic E-state index is -1.11. The molecule has 1 aromatic rings. The van der Waals surface area contributed by atoms with E-state index in [2.05, 4.69) is 5.32 Å². The molecule has 21 heavy (non-hydrogen) atoms. The van der Waals surface area contributed by atoms with Crippen molar-refractivity contribution < 1.29 is 19.4 Å². The number of hydrogen-bond donors (Lipinski definition) is 2. The van der Waals surface area contributed by atoms with E-state index in [1.54, 1.807) is 7.11 Å². The van der Waals surface area contributed by atoms with Gasteiger partial charge in [0.2, 0.25) is 0 Å². The molecule has 0 fully saturated rings. The molecule has 1 atom stereocenters. The lowest BCUT2D eigenvalue weighted by atomic mass is 9.86. The topological polar surface area (TPSA) is 67.8 Å². The van der Waals surface area contributed by atoms with Crippen molar-refractivity contribution in [1.82, 2.24) is 5.32 Å². The Balaban J connectivity index is 2.83. The van der Waals surface area contributed by atoms with E-state index in [0.717, 1.165) is 12.0 Å². The highest BCUT2D eigenvalue weighted by atomic mass is 16.5. The molecule has 0 aliphatic carbocycles. The largest absolute Gasteiger partial charge is 0.480 e. The van der Waals surface area contributed by atoms with Crippen LogP contribution in [-0.2, 0) is 19.8 Å². The minimum Gasteiger partial charge on any atom is -0.480 e. The summed E-state index contributed by atoms with van der Waals surface area (Å²) in [6, 6.07) is 9.27. The summed E-state index contributed by atoms with van der Waals surface area (Å²) in [4.78, 5) is 11.9. The molecule has 0 amide bonds. The molecular weight excluding hydrogens is 270 g/mol. The van der Waals surface area contributed by atoms with E-state index in [1.807, 2.05) is 37.3 Å². The molecule has 0 saturated carbocycles. The van der Waals surface area contributed by atoms with Gasteiger partial charge in [0.1, 0.15) is 5.54 Å². The van der Waals surface area contributed by atoms with Crippen LogP contribution in [-0.4, -0.2) is 44.6 Å². The first-order chi connectivity index (χ1) is 10.2. The first-order valence-electron chi connectivity index (χ1n) is 7.28. The minimum absolute atomic E-state index is 0.362. The van der Waals surface area contributed by atoms with Gasteiger partial charge < -0.3 is 14.6 Å². The number of nitrogens with one attached hydrogen (secondary N) is 1. The fourth-order valence-electron chi connectivity index (χ4n) is 2.17. The van der Waals surface area contributed by atoms with Crippen LogP contribution in [0.2, 0.25) is 0 Å². The normalized spacial score (nSPS) is 13.8. The molecule has 0 heterocycles. The van der Waals surface area contributed by atoms with E-state index >= 15 is 0 Å². The van der Waals surface area contributed by atoms with Crippen LogP contribution in [0.4, 0.5) is 0 Å². The molecule has 0 aromatic heterocycles. The maximum absolute atomic E-state index is 11.9. The number of carboxylic acid groups (broad SMARTS) is 1. The number of rotatable bonds is 11. The lowest BCUT2D eigenvalue weighted by molar-refractivity contribution is -0.146. The fraction of sp³-hybridized carbons (Fsp3) is 0.562. The van der Waals surface area contributed by atoms with Crippen LogP contribution in [0.25, 0.3) is 0 Å². The quantitative estimate of drug-likeness (QED) is 0.611. The number of carboxylic acids is 1. The van der Waals surface area contributed by atoms with Crippen LogP contribution in [0, 0.1) is 0 Å². The Morgan fingerprint density at radius 3 is 2.52 bits per heavy atom. The van der Waals surface area contributed by atoms with Crippen molar-refractivity contribution in [3.05, 3.63) is 35.9 Å². The van der Waals surface area contributed by atoms with Crippen molar-refractivity contribution in [3.63, 3.8) is 0 Å². The van der Waals surface area contributed by atoms with Crippen molar-refractivity contribution >= 4 is 5.97 Å². The smallest absolute Gasteiger partial charge is 0.328 e. The molecule has 0 saturated heterocycles. The molecule has 0 radical (unpaired) electrons. The van der Waals surface area contributed by atoms with Crippen molar-refractivity contribution in [3.8, 4) is 0 Å². The number of aliphatic carboxylic acids is 1. The summed E-state index contributed by atoms with van der Waals surface area (Å²) in [7, 11) is 1.61. The van der Waals surface area contributed by atoms with Crippen molar-refractivity contribution in [1.29, 1.82) is 0 Å². The summed E-state index contributed by atoms with van der Waals surface area (Å²) in [5.41, 5.74) is -0.356. The molecule has 0 spiro atoms. The summed E-state index contributed by atoms with van der Waals surface area (Å²) in [5.74, 6) is -0.877. The summed E-state index contributed by atoms with van der Waals surface area (Å²) in [6.07, 6.45) is 1.24. The maximum Gasteiger partial charge on any atom is 0.328 e. The van der Waals surface area contributed by atoms with Gasteiger partial charge in [-0.05, 0) is 18.5 Å². The molecule has 0 aliphatic rings. The van der Waals surface area contributed by atoms with Crippen LogP contribution in [0.5, 0.6) is 0 Å². The predicted octanol–water partition coefficient (Wildman–Crippen LogP) is 2.02. The second-order valence-electron chi connectivity index (χ2n) is 4.86. The van der Waals surface area contributed by atoms with Crippen LogP contribution >= 0.6 is 0 Å². The Morgan fingerprint density at radius 2 is 1.95 bits per heavy atom. The van der Waals surface area contributed by atoms with Crippen LogP contribution < -0.4 is 5.32 Å². The van der Waals surface area contributed by atoms with E-state index in [0.29, 0.717) is 32.8 Å². The Kier molecular flexibility index (Phi) is 7.97. The molecule has 0 aliphatic heterocycles. The van der Waals surface area contributed by atoms with Gasteiger partial charge in [-0.2, -0.15) is 0 Å². The molecule has 118 valence electrons. The predicted molar refractivity (Wildman–Crippen MR) is 81.4 cm³/mol. The molecular formula is C16H25NO4. The summed E-state index contributed by atoms with van der Waals surface area (Å²) < 4.78 is 10.4. The highest BCUT2D eigenvalue weighted by Crippen LogP contribution is 2.26. The van der Waals surface area contributed by atoms with Crippen molar-refractivity contribution in [2.75, 3.05) is 33.5 Å². The van der Waals surface area contributed by atoms with Gasteiger partial charge in [-0.25, -0.2) is 4.79 Å². The van der Waals surface area contributed by atoms with Gasteiger partial charge >= 0.3 is 5.97 Å². The zero-order chi connectivity index (χ0) is 15.6. The summed E-state index contributed by atoms with van der Waals surface area (Å²) >= 11 is 0. The molecule has 1 aromatic carbocycles. The Hall–Kier alpha value is -1.43. The zero-order valence-corrected chi connectivity index (χ0v) is 12.8. The lowest BCUT2D eigenvalue weighted by Gasteiger charge is -2.31. The van der Waals surface area contributed by atoms with Gasteiger partial charge in [0.25, 0.3) is 0 Å². The SMILES string of the molecule is CCCNC(CCOCCOC)(C(=O)O)c1ccccc1. The number of hydrogen-bond acceptors (Lipinski definition) is 4. The third-order valence-electron chi connectivity index (χ3n) is 3.36. The summed E-state index contributed by atoms with van der Waals surface area (Å²) in [5, 5.41) is 12.9. The van der Waals surface area contributed by atoms with Gasteiger partial charge in [0.05, 0.1) is 13.2 Å². The lowest BCUT2D eigenvalue weighted by Crippen LogP contribution is -2.50. The fourth-order valence-corrected chi connectivity index (χ4v) is 2.17. The van der Waals surface area contributed by atoms with Crippen LogP contribution in [0.1, 0.15) is 25.3 Å². The maximum atomic E-state index is 11.9. The van der Waals surface area contributed by atoms with Crippen molar-refractivity contribution in [2.24, 2.45) is 0 Å². The third kappa shape index (κ3) is 5.12. The average molecular weight is 295 g/mol. The van der Waals surface area contributed by atoms with Gasteiger partial charge in [-0.15, -0.1) is 0 Å².